The summed E-state index contributed by atoms with van der Waals surface area (Å²) in [5.74, 6) is 1.56. The van der Waals surface area contributed by atoms with Crippen molar-refractivity contribution in [1.29, 1.82) is 0 Å². The Bertz CT molecular complexity index is 781. The second-order valence-electron chi connectivity index (χ2n) is 4.78. The first-order chi connectivity index (χ1) is 9.83. The van der Waals surface area contributed by atoms with Crippen molar-refractivity contribution >= 4 is 21.4 Å². The molecule has 4 rings (SSSR count). The van der Waals surface area contributed by atoms with Gasteiger partial charge < -0.3 is 15.2 Å². The van der Waals surface area contributed by atoms with Gasteiger partial charge in [0, 0.05) is 4.70 Å². The standard InChI is InChI=1S/C16H13NO2S/c17-16(10-5-6-13-14(7-10)19-9-18-13)12-8-20-15-4-2-1-3-11(12)15/h1-8,16H,9,17H2. The van der Waals surface area contributed by atoms with Gasteiger partial charge in [-0.25, -0.2) is 0 Å². The highest BCUT2D eigenvalue weighted by Crippen LogP contribution is 2.37. The molecule has 0 saturated heterocycles. The van der Waals surface area contributed by atoms with Crippen LogP contribution >= 0.6 is 11.3 Å². The van der Waals surface area contributed by atoms with Crippen LogP contribution in [0.25, 0.3) is 10.1 Å². The minimum atomic E-state index is -0.152. The molecule has 20 heavy (non-hydrogen) atoms. The summed E-state index contributed by atoms with van der Waals surface area (Å²) in [6, 6.07) is 14.1. The molecule has 4 heteroatoms. The number of rotatable bonds is 2. The second kappa shape index (κ2) is 4.51. The SMILES string of the molecule is NC(c1ccc2c(c1)OCO2)c1csc2ccccc12. The molecule has 1 aliphatic rings. The Hall–Kier alpha value is -2.04. The van der Waals surface area contributed by atoms with Gasteiger partial charge in [0.05, 0.1) is 6.04 Å². The lowest BCUT2D eigenvalue weighted by atomic mass is 9.99. The molecule has 2 N–H and O–H groups in total. The fourth-order valence-electron chi connectivity index (χ4n) is 2.53. The van der Waals surface area contributed by atoms with Crippen molar-refractivity contribution < 1.29 is 9.47 Å². The molecule has 0 bridgehead atoms. The quantitative estimate of drug-likeness (QED) is 0.780. The number of thiophene rings is 1. The molecule has 0 amide bonds. The molecule has 2 aromatic carbocycles. The van der Waals surface area contributed by atoms with Crippen LogP contribution in [0.5, 0.6) is 11.5 Å². The maximum Gasteiger partial charge on any atom is 0.231 e. The summed E-state index contributed by atoms with van der Waals surface area (Å²) in [5.41, 5.74) is 8.63. The third-order valence-corrected chi connectivity index (χ3v) is 4.58. The molecule has 1 atom stereocenters. The van der Waals surface area contributed by atoms with E-state index < -0.39 is 0 Å². The average molecular weight is 283 g/mol. The summed E-state index contributed by atoms with van der Waals surface area (Å²) in [5, 5.41) is 3.36. The van der Waals surface area contributed by atoms with Gasteiger partial charge in [0.25, 0.3) is 0 Å². The Morgan fingerprint density at radius 2 is 1.90 bits per heavy atom. The highest BCUT2D eigenvalue weighted by Gasteiger charge is 2.18. The zero-order valence-electron chi connectivity index (χ0n) is 10.7. The maximum atomic E-state index is 6.43. The third-order valence-electron chi connectivity index (χ3n) is 3.60. The number of ether oxygens (including phenoxy) is 2. The molecule has 0 fully saturated rings. The number of benzene rings is 2. The Balaban J connectivity index is 1.78. The van der Waals surface area contributed by atoms with E-state index in [0.717, 1.165) is 22.6 Å². The van der Waals surface area contributed by atoms with Gasteiger partial charge in [0.1, 0.15) is 0 Å². The minimum absolute atomic E-state index is 0.152. The van der Waals surface area contributed by atoms with Crippen molar-refractivity contribution in [2.75, 3.05) is 6.79 Å². The van der Waals surface area contributed by atoms with E-state index >= 15 is 0 Å². The second-order valence-corrected chi connectivity index (χ2v) is 5.69. The van der Waals surface area contributed by atoms with Crippen LogP contribution < -0.4 is 15.2 Å². The van der Waals surface area contributed by atoms with E-state index in [2.05, 4.69) is 23.6 Å². The number of fused-ring (bicyclic) bond motifs is 2. The van der Waals surface area contributed by atoms with Crippen molar-refractivity contribution in [3.63, 3.8) is 0 Å². The molecule has 0 aliphatic carbocycles. The van der Waals surface area contributed by atoms with Crippen molar-refractivity contribution in [3.8, 4) is 11.5 Å². The van der Waals surface area contributed by atoms with Crippen molar-refractivity contribution in [2.24, 2.45) is 5.73 Å². The molecule has 1 unspecified atom stereocenters. The van der Waals surface area contributed by atoms with Crippen LogP contribution in [0.2, 0.25) is 0 Å². The van der Waals surface area contributed by atoms with E-state index in [1.807, 2.05) is 24.3 Å². The van der Waals surface area contributed by atoms with Gasteiger partial charge in [-0.3, -0.25) is 0 Å². The summed E-state index contributed by atoms with van der Waals surface area (Å²) in [6.07, 6.45) is 0. The molecule has 2 heterocycles. The van der Waals surface area contributed by atoms with Crippen LogP contribution in [-0.4, -0.2) is 6.79 Å². The highest BCUT2D eigenvalue weighted by molar-refractivity contribution is 7.17. The van der Waals surface area contributed by atoms with Crippen molar-refractivity contribution in [2.45, 2.75) is 6.04 Å². The summed E-state index contributed by atoms with van der Waals surface area (Å²) < 4.78 is 12.0. The van der Waals surface area contributed by atoms with E-state index in [9.17, 15) is 0 Å². The average Bonchev–Trinajstić information content (AvgIpc) is 3.12. The minimum Gasteiger partial charge on any atom is -0.454 e. The fraction of sp³-hybridized carbons (Fsp3) is 0.125. The van der Waals surface area contributed by atoms with E-state index in [1.165, 1.54) is 10.1 Å². The van der Waals surface area contributed by atoms with Crippen LogP contribution in [0.4, 0.5) is 0 Å². The summed E-state index contributed by atoms with van der Waals surface area (Å²) >= 11 is 1.73. The molecule has 3 nitrogen and oxygen atoms in total. The van der Waals surface area contributed by atoms with Crippen molar-refractivity contribution in [3.05, 3.63) is 59.0 Å². The largest absolute Gasteiger partial charge is 0.454 e. The van der Waals surface area contributed by atoms with Gasteiger partial charge in [-0.2, -0.15) is 0 Å². The summed E-state index contributed by atoms with van der Waals surface area (Å²) in [6.45, 7) is 0.287. The highest BCUT2D eigenvalue weighted by atomic mass is 32.1. The number of hydrogen-bond donors (Lipinski definition) is 1. The lowest BCUT2D eigenvalue weighted by Crippen LogP contribution is -2.11. The Labute approximate surface area is 120 Å². The molecule has 3 aromatic rings. The van der Waals surface area contributed by atoms with E-state index in [1.54, 1.807) is 11.3 Å². The van der Waals surface area contributed by atoms with Crippen LogP contribution in [0.3, 0.4) is 0 Å². The first-order valence-electron chi connectivity index (χ1n) is 6.44. The first kappa shape index (κ1) is 11.8. The summed E-state index contributed by atoms with van der Waals surface area (Å²) in [7, 11) is 0. The number of hydrogen-bond acceptors (Lipinski definition) is 4. The van der Waals surface area contributed by atoms with E-state index in [0.29, 0.717) is 0 Å². The van der Waals surface area contributed by atoms with Crippen LogP contribution in [0, 0.1) is 0 Å². The normalized spacial score (nSPS) is 14.7. The predicted molar refractivity (Wildman–Crippen MR) is 80.4 cm³/mol. The van der Waals surface area contributed by atoms with Crippen molar-refractivity contribution in [1.82, 2.24) is 0 Å². The van der Waals surface area contributed by atoms with Gasteiger partial charge in [-0.05, 0) is 40.1 Å². The third kappa shape index (κ3) is 1.77. The van der Waals surface area contributed by atoms with Gasteiger partial charge in [0.15, 0.2) is 11.5 Å². The molecule has 1 aliphatic heterocycles. The molecule has 0 spiro atoms. The van der Waals surface area contributed by atoms with Crippen LogP contribution in [-0.2, 0) is 0 Å². The topological polar surface area (TPSA) is 44.5 Å². The van der Waals surface area contributed by atoms with Gasteiger partial charge in [-0.1, -0.05) is 24.3 Å². The predicted octanol–water partition coefficient (Wildman–Crippen LogP) is 3.68. The van der Waals surface area contributed by atoms with Gasteiger partial charge in [0.2, 0.25) is 6.79 Å². The molecule has 0 radical (unpaired) electrons. The summed E-state index contributed by atoms with van der Waals surface area (Å²) in [4.78, 5) is 0. The molecule has 100 valence electrons. The van der Waals surface area contributed by atoms with Crippen LogP contribution in [0.15, 0.2) is 47.8 Å². The van der Waals surface area contributed by atoms with E-state index in [4.69, 9.17) is 15.2 Å². The van der Waals surface area contributed by atoms with Crippen LogP contribution in [0.1, 0.15) is 17.2 Å². The zero-order chi connectivity index (χ0) is 13.5. The molecule has 1 aromatic heterocycles. The molecular weight excluding hydrogens is 270 g/mol. The van der Waals surface area contributed by atoms with Gasteiger partial charge in [-0.15, -0.1) is 11.3 Å². The Kier molecular flexibility index (Phi) is 2.65. The zero-order valence-corrected chi connectivity index (χ0v) is 11.5. The fourth-order valence-corrected chi connectivity index (χ4v) is 3.52. The Morgan fingerprint density at radius 3 is 2.85 bits per heavy atom. The van der Waals surface area contributed by atoms with E-state index in [-0.39, 0.29) is 12.8 Å². The first-order valence-corrected chi connectivity index (χ1v) is 7.32. The molecular formula is C16H13NO2S. The lowest BCUT2D eigenvalue weighted by molar-refractivity contribution is 0.174. The smallest absolute Gasteiger partial charge is 0.231 e. The maximum absolute atomic E-state index is 6.43. The monoisotopic (exact) mass is 283 g/mol. The van der Waals surface area contributed by atoms with Gasteiger partial charge >= 0.3 is 0 Å². The number of nitrogens with two attached hydrogens (primary N) is 1. The Morgan fingerprint density at radius 1 is 1.05 bits per heavy atom. The molecule has 0 saturated carbocycles. The lowest BCUT2D eigenvalue weighted by Gasteiger charge is -2.12.